The number of hydrazone groups is 1. The van der Waals surface area contributed by atoms with Crippen LogP contribution in [0, 0.1) is 6.92 Å². The lowest BCUT2D eigenvalue weighted by atomic mass is 9.99. The highest BCUT2D eigenvalue weighted by Crippen LogP contribution is 2.15. The van der Waals surface area contributed by atoms with E-state index in [0.717, 1.165) is 42.5 Å². The second-order valence-electron chi connectivity index (χ2n) is 8.10. The summed E-state index contributed by atoms with van der Waals surface area (Å²) in [4.78, 5) is 13.1. The molecule has 1 amide bonds. The van der Waals surface area contributed by atoms with Crippen molar-refractivity contribution in [2.24, 2.45) is 5.10 Å². The molecule has 0 spiro atoms. The van der Waals surface area contributed by atoms with Crippen LogP contribution in [0.15, 0.2) is 64.6 Å². The van der Waals surface area contributed by atoms with Crippen molar-refractivity contribution in [3.8, 4) is 0 Å². The number of rotatable bonds is 7. The summed E-state index contributed by atoms with van der Waals surface area (Å²) in [6.07, 6.45) is 7.74. The Labute approximate surface area is 185 Å². The Kier molecular flexibility index (Phi) is 8.37. The molecule has 0 bridgehead atoms. The zero-order valence-electron chi connectivity index (χ0n) is 18.0. The lowest BCUT2D eigenvalue weighted by Gasteiger charge is -2.18. The van der Waals surface area contributed by atoms with Crippen LogP contribution in [-0.2, 0) is 21.2 Å². The van der Waals surface area contributed by atoms with Crippen LogP contribution in [0.25, 0.3) is 0 Å². The van der Waals surface area contributed by atoms with Gasteiger partial charge in [0.05, 0.1) is 4.90 Å². The van der Waals surface area contributed by atoms with Crippen molar-refractivity contribution in [2.45, 2.75) is 69.2 Å². The zero-order valence-corrected chi connectivity index (χ0v) is 18.8. The summed E-state index contributed by atoms with van der Waals surface area (Å²) in [6, 6.07) is 15.0. The maximum absolute atomic E-state index is 13.0. The molecule has 1 atom stereocenters. The number of hydrogen-bond donors (Lipinski definition) is 2. The number of benzene rings is 2. The number of aryl methyl sites for hydroxylation is 1. The Bertz CT molecular complexity index is 976. The van der Waals surface area contributed by atoms with E-state index in [1.54, 1.807) is 24.3 Å². The van der Waals surface area contributed by atoms with Crippen LogP contribution in [0.2, 0.25) is 0 Å². The number of carbonyl (C=O) groups excluding carboxylic acids is 1. The van der Waals surface area contributed by atoms with E-state index in [1.165, 1.54) is 19.3 Å². The van der Waals surface area contributed by atoms with Crippen LogP contribution in [-0.4, -0.2) is 26.1 Å². The molecule has 1 aliphatic carbocycles. The molecule has 1 saturated carbocycles. The van der Waals surface area contributed by atoms with Gasteiger partial charge in [-0.15, -0.1) is 0 Å². The highest BCUT2D eigenvalue weighted by atomic mass is 32.2. The van der Waals surface area contributed by atoms with Crippen LogP contribution >= 0.6 is 0 Å². The Hall–Kier alpha value is -2.51. The van der Waals surface area contributed by atoms with Crippen molar-refractivity contribution in [1.29, 1.82) is 0 Å². The topological polar surface area (TPSA) is 87.6 Å². The average Bonchev–Trinajstić information content (AvgIpc) is 2.73. The van der Waals surface area contributed by atoms with Gasteiger partial charge in [0, 0.05) is 5.71 Å². The quantitative estimate of drug-likeness (QED) is 0.634. The van der Waals surface area contributed by atoms with Gasteiger partial charge in [-0.1, -0.05) is 67.3 Å². The van der Waals surface area contributed by atoms with Gasteiger partial charge >= 0.3 is 0 Å². The lowest BCUT2D eigenvalue weighted by Crippen LogP contribution is -2.46. The van der Waals surface area contributed by atoms with Gasteiger partial charge in [0.25, 0.3) is 5.91 Å². The minimum atomic E-state index is -3.85. The fourth-order valence-electron chi connectivity index (χ4n) is 3.65. The van der Waals surface area contributed by atoms with Crippen LogP contribution in [0.1, 0.15) is 56.1 Å². The maximum Gasteiger partial charge on any atom is 0.258 e. The summed E-state index contributed by atoms with van der Waals surface area (Å²) < 4.78 is 28.4. The predicted octanol–water partition coefficient (Wildman–Crippen LogP) is 4.10. The summed E-state index contributed by atoms with van der Waals surface area (Å²) in [5, 5.41) is 4.34. The number of carbonyl (C=O) groups is 1. The van der Waals surface area contributed by atoms with E-state index in [0.29, 0.717) is 0 Å². The molecule has 2 aromatic rings. The highest BCUT2D eigenvalue weighted by molar-refractivity contribution is 7.89. The molecule has 6 nitrogen and oxygen atoms in total. The number of hydrogen-bond acceptors (Lipinski definition) is 4. The SMILES string of the molecule is Cc1ccc(S(=O)(=O)N[C@@H](Cc2ccccc2)C(=O)NN=C2CCCCCCC2)cc1. The van der Waals surface area contributed by atoms with Gasteiger partial charge in [-0.3, -0.25) is 4.79 Å². The van der Waals surface area contributed by atoms with E-state index in [4.69, 9.17) is 0 Å². The molecule has 0 aromatic heterocycles. The van der Waals surface area contributed by atoms with Gasteiger partial charge in [0.15, 0.2) is 0 Å². The van der Waals surface area contributed by atoms with E-state index < -0.39 is 22.0 Å². The molecule has 1 aliphatic rings. The molecule has 0 aliphatic heterocycles. The second-order valence-corrected chi connectivity index (χ2v) is 9.81. The first-order chi connectivity index (χ1) is 14.9. The molecule has 1 fully saturated rings. The molecule has 0 unspecified atom stereocenters. The molecule has 3 rings (SSSR count). The Morgan fingerprint density at radius 1 is 0.935 bits per heavy atom. The van der Waals surface area contributed by atoms with Crippen molar-refractivity contribution in [3.63, 3.8) is 0 Å². The fourth-order valence-corrected chi connectivity index (χ4v) is 4.84. The van der Waals surface area contributed by atoms with Crippen molar-refractivity contribution in [2.75, 3.05) is 0 Å². The standard InChI is InChI=1S/C24H31N3O3S/c1-19-14-16-22(17-15-19)31(29,30)27-23(18-20-10-6-5-7-11-20)24(28)26-25-21-12-8-3-2-4-9-13-21/h5-7,10-11,14-17,23,27H,2-4,8-9,12-13,18H2,1H3,(H,26,28)/t23-/m0/s1. The molecule has 31 heavy (non-hydrogen) atoms. The first-order valence-corrected chi connectivity index (χ1v) is 12.4. The van der Waals surface area contributed by atoms with Crippen molar-refractivity contribution >= 4 is 21.6 Å². The van der Waals surface area contributed by atoms with Crippen LogP contribution in [0.3, 0.4) is 0 Å². The van der Waals surface area contributed by atoms with Crippen LogP contribution < -0.4 is 10.1 Å². The Morgan fingerprint density at radius 2 is 1.55 bits per heavy atom. The monoisotopic (exact) mass is 441 g/mol. The first-order valence-electron chi connectivity index (χ1n) is 10.9. The normalized spacial score (nSPS) is 16.1. The number of amides is 1. The Balaban J connectivity index is 1.76. The lowest BCUT2D eigenvalue weighted by molar-refractivity contribution is -0.122. The van der Waals surface area contributed by atoms with Gasteiger partial charge in [0.1, 0.15) is 6.04 Å². The molecule has 0 saturated heterocycles. The minimum absolute atomic E-state index is 0.135. The fraction of sp³-hybridized carbons (Fsp3) is 0.417. The van der Waals surface area contributed by atoms with Crippen molar-refractivity contribution in [1.82, 2.24) is 10.1 Å². The van der Waals surface area contributed by atoms with Gasteiger partial charge in [-0.25, -0.2) is 13.8 Å². The number of nitrogens with zero attached hydrogens (tertiary/aromatic N) is 1. The van der Waals surface area contributed by atoms with E-state index in [2.05, 4.69) is 15.2 Å². The summed E-state index contributed by atoms with van der Waals surface area (Å²) in [7, 11) is -3.85. The van der Waals surface area contributed by atoms with Gasteiger partial charge in [0.2, 0.25) is 10.0 Å². The van der Waals surface area contributed by atoms with Crippen LogP contribution in [0.4, 0.5) is 0 Å². The molecular weight excluding hydrogens is 410 g/mol. The van der Waals surface area contributed by atoms with E-state index in [9.17, 15) is 13.2 Å². The van der Waals surface area contributed by atoms with E-state index >= 15 is 0 Å². The summed E-state index contributed by atoms with van der Waals surface area (Å²) in [5.41, 5.74) is 5.44. The number of sulfonamides is 1. The second kappa shape index (κ2) is 11.2. The zero-order chi connectivity index (χ0) is 22.1. The summed E-state index contributed by atoms with van der Waals surface area (Å²) in [6.45, 7) is 1.89. The van der Waals surface area contributed by atoms with E-state index in [1.807, 2.05) is 37.3 Å². The highest BCUT2D eigenvalue weighted by Gasteiger charge is 2.26. The third-order valence-electron chi connectivity index (χ3n) is 5.48. The molecule has 2 N–H and O–H groups in total. The molecular formula is C24H31N3O3S. The number of nitrogens with one attached hydrogen (secondary N) is 2. The van der Waals surface area contributed by atoms with Crippen molar-refractivity contribution in [3.05, 3.63) is 65.7 Å². The molecule has 166 valence electrons. The van der Waals surface area contributed by atoms with Gasteiger partial charge in [-0.2, -0.15) is 9.82 Å². The van der Waals surface area contributed by atoms with Crippen LogP contribution in [0.5, 0.6) is 0 Å². The summed E-state index contributed by atoms with van der Waals surface area (Å²) in [5.74, 6) is -0.450. The molecule has 0 heterocycles. The predicted molar refractivity (Wildman–Crippen MR) is 123 cm³/mol. The third kappa shape index (κ3) is 7.29. The smallest absolute Gasteiger partial charge is 0.258 e. The van der Waals surface area contributed by atoms with Gasteiger partial charge in [-0.05, 0) is 56.7 Å². The third-order valence-corrected chi connectivity index (χ3v) is 6.97. The van der Waals surface area contributed by atoms with Gasteiger partial charge < -0.3 is 0 Å². The first kappa shape index (κ1) is 23.2. The van der Waals surface area contributed by atoms with Crippen molar-refractivity contribution < 1.29 is 13.2 Å². The maximum atomic E-state index is 13.0. The minimum Gasteiger partial charge on any atom is -0.271 e. The molecule has 0 radical (unpaired) electrons. The molecule has 2 aromatic carbocycles. The summed E-state index contributed by atoms with van der Waals surface area (Å²) >= 11 is 0. The average molecular weight is 442 g/mol. The molecule has 7 heteroatoms. The largest absolute Gasteiger partial charge is 0.271 e. The Morgan fingerprint density at radius 3 is 2.19 bits per heavy atom. The van der Waals surface area contributed by atoms with E-state index in [-0.39, 0.29) is 11.3 Å².